The van der Waals surface area contributed by atoms with Crippen LogP contribution in [0.15, 0.2) is 0 Å². The Bertz CT molecular complexity index is 121. The lowest BCUT2D eigenvalue weighted by molar-refractivity contribution is 0.283. The lowest BCUT2D eigenvalue weighted by Gasteiger charge is -2.20. The molecule has 0 spiro atoms. The number of hydrogen-bond donors (Lipinski definition) is 1. The van der Waals surface area contributed by atoms with Crippen molar-refractivity contribution in [2.24, 2.45) is 0 Å². The van der Waals surface area contributed by atoms with Crippen LogP contribution in [0.5, 0.6) is 0 Å². The van der Waals surface area contributed by atoms with E-state index in [1.54, 1.807) is 0 Å². The van der Waals surface area contributed by atoms with Crippen LogP contribution in [0.1, 0.15) is 57.8 Å². The Morgan fingerprint density at radius 2 is 1.64 bits per heavy atom. The summed E-state index contributed by atoms with van der Waals surface area (Å²) in [6.07, 6.45) is 12.2. The minimum Gasteiger partial charge on any atom is -0.396 e. The Balaban J connectivity index is 1.82. The van der Waals surface area contributed by atoms with Gasteiger partial charge in [0.1, 0.15) is 0 Å². The van der Waals surface area contributed by atoms with Crippen molar-refractivity contribution in [3.05, 3.63) is 0 Å². The average molecular weight is 216 g/mol. The Kier molecular flexibility index (Phi) is 7.61. The van der Waals surface area contributed by atoms with Gasteiger partial charge in [-0.15, -0.1) is 0 Å². The molecule has 1 aliphatic rings. The quantitative estimate of drug-likeness (QED) is 0.656. The molecule has 1 fully saturated rings. The summed E-state index contributed by atoms with van der Waals surface area (Å²) in [6.45, 7) is 0.371. The minimum atomic E-state index is 0.371. The zero-order chi connectivity index (χ0) is 10.1. The summed E-state index contributed by atoms with van der Waals surface area (Å²) >= 11 is 2.19. The smallest absolute Gasteiger partial charge is 0.0431 e. The second-order valence-electron chi connectivity index (χ2n) is 4.27. The summed E-state index contributed by atoms with van der Waals surface area (Å²) in [4.78, 5) is 0. The number of unbranched alkanes of at least 4 members (excludes halogenated alkanes) is 3. The van der Waals surface area contributed by atoms with Crippen LogP contribution >= 0.6 is 11.8 Å². The van der Waals surface area contributed by atoms with E-state index in [1.807, 2.05) is 0 Å². The van der Waals surface area contributed by atoms with Gasteiger partial charge in [-0.1, -0.05) is 32.1 Å². The fraction of sp³-hybridized carbons (Fsp3) is 1.00. The number of aliphatic hydroxyl groups is 1. The van der Waals surface area contributed by atoms with Gasteiger partial charge in [0, 0.05) is 11.9 Å². The fourth-order valence-electron chi connectivity index (χ4n) is 2.05. The standard InChI is InChI=1S/C12H24OS/c13-10-6-1-2-7-11-14-12-8-4-3-5-9-12/h12-13H,1-11H2. The van der Waals surface area contributed by atoms with Gasteiger partial charge in [-0.2, -0.15) is 11.8 Å². The van der Waals surface area contributed by atoms with Crippen LogP contribution in [0.25, 0.3) is 0 Å². The van der Waals surface area contributed by atoms with Gasteiger partial charge in [-0.05, 0) is 31.4 Å². The van der Waals surface area contributed by atoms with E-state index in [4.69, 9.17) is 5.11 Å². The minimum absolute atomic E-state index is 0.371. The van der Waals surface area contributed by atoms with Gasteiger partial charge in [-0.3, -0.25) is 0 Å². The van der Waals surface area contributed by atoms with Crippen LogP contribution in [0.4, 0.5) is 0 Å². The Morgan fingerprint density at radius 1 is 0.929 bits per heavy atom. The van der Waals surface area contributed by atoms with Crippen molar-refractivity contribution in [3.63, 3.8) is 0 Å². The maximum absolute atomic E-state index is 8.62. The average Bonchev–Trinajstić information content (AvgIpc) is 2.25. The maximum Gasteiger partial charge on any atom is 0.0431 e. The molecular weight excluding hydrogens is 192 g/mol. The molecule has 0 heterocycles. The molecule has 0 atom stereocenters. The van der Waals surface area contributed by atoms with Crippen LogP contribution in [0, 0.1) is 0 Å². The summed E-state index contributed by atoms with van der Waals surface area (Å²) in [7, 11) is 0. The molecule has 0 aromatic rings. The van der Waals surface area contributed by atoms with Gasteiger partial charge >= 0.3 is 0 Å². The highest BCUT2D eigenvalue weighted by Crippen LogP contribution is 2.28. The maximum atomic E-state index is 8.62. The molecule has 1 aliphatic carbocycles. The van der Waals surface area contributed by atoms with Crippen molar-refractivity contribution in [3.8, 4) is 0 Å². The third kappa shape index (κ3) is 5.92. The highest BCUT2D eigenvalue weighted by molar-refractivity contribution is 7.99. The normalized spacial score (nSPS) is 18.6. The summed E-state index contributed by atoms with van der Waals surface area (Å²) in [5.41, 5.74) is 0. The molecule has 1 nitrogen and oxygen atoms in total. The third-order valence-electron chi connectivity index (χ3n) is 2.96. The largest absolute Gasteiger partial charge is 0.396 e. The summed E-state index contributed by atoms with van der Waals surface area (Å²) in [5, 5.41) is 9.60. The predicted octanol–water partition coefficient (Wildman–Crippen LogP) is 3.61. The molecule has 14 heavy (non-hydrogen) atoms. The molecular formula is C12H24OS. The van der Waals surface area contributed by atoms with Gasteiger partial charge in [0.15, 0.2) is 0 Å². The Labute approximate surface area is 92.7 Å². The number of hydrogen-bond acceptors (Lipinski definition) is 2. The second-order valence-corrected chi connectivity index (χ2v) is 5.68. The van der Waals surface area contributed by atoms with Crippen molar-refractivity contribution < 1.29 is 5.11 Å². The number of rotatable bonds is 7. The lowest BCUT2D eigenvalue weighted by atomic mass is 10.0. The molecule has 0 radical (unpaired) electrons. The summed E-state index contributed by atoms with van der Waals surface area (Å²) in [5.74, 6) is 1.34. The van der Waals surface area contributed by atoms with Crippen LogP contribution < -0.4 is 0 Å². The van der Waals surface area contributed by atoms with Crippen LogP contribution in [-0.2, 0) is 0 Å². The van der Waals surface area contributed by atoms with E-state index < -0.39 is 0 Å². The topological polar surface area (TPSA) is 20.2 Å². The molecule has 1 saturated carbocycles. The highest BCUT2D eigenvalue weighted by atomic mass is 32.2. The van der Waals surface area contributed by atoms with Crippen LogP contribution in [0.2, 0.25) is 0 Å². The van der Waals surface area contributed by atoms with Crippen molar-refractivity contribution in [2.75, 3.05) is 12.4 Å². The lowest BCUT2D eigenvalue weighted by Crippen LogP contribution is -2.08. The monoisotopic (exact) mass is 216 g/mol. The molecule has 1 N–H and O–H groups in total. The Hall–Kier alpha value is 0.310. The molecule has 0 unspecified atom stereocenters. The van der Waals surface area contributed by atoms with E-state index in [0.717, 1.165) is 11.7 Å². The fourth-order valence-corrected chi connectivity index (χ4v) is 3.42. The number of thioether (sulfide) groups is 1. The van der Waals surface area contributed by atoms with Gasteiger partial charge < -0.3 is 5.11 Å². The molecule has 2 heteroatoms. The highest BCUT2D eigenvalue weighted by Gasteiger charge is 2.12. The van der Waals surface area contributed by atoms with E-state index in [1.165, 1.54) is 57.1 Å². The second kappa shape index (κ2) is 8.60. The van der Waals surface area contributed by atoms with Gasteiger partial charge in [0.2, 0.25) is 0 Å². The zero-order valence-corrected chi connectivity index (χ0v) is 10.0. The third-order valence-corrected chi connectivity index (χ3v) is 4.43. The molecule has 0 aromatic heterocycles. The molecule has 0 bridgehead atoms. The molecule has 1 rings (SSSR count). The zero-order valence-electron chi connectivity index (χ0n) is 9.21. The van der Waals surface area contributed by atoms with E-state index in [2.05, 4.69) is 11.8 Å². The van der Waals surface area contributed by atoms with Gasteiger partial charge in [0.05, 0.1) is 0 Å². The first-order valence-corrected chi connectivity index (χ1v) is 7.21. The summed E-state index contributed by atoms with van der Waals surface area (Å²) < 4.78 is 0. The molecule has 0 amide bonds. The van der Waals surface area contributed by atoms with Crippen molar-refractivity contribution in [1.82, 2.24) is 0 Å². The predicted molar refractivity (Wildman–Crippen MR) is 64.9 cm³/mol. The van der Waals surface area contributed by atoms with E-state index in [9.17, 15) is 0 Å². The van der Waals surface area contributed by atoms with Crippen LogP contribution in [-0.4, -0.2) is 22.7 Å². The van der Waals surface area contributed by atoms with E-state index in [0.29, 0.717) is 6.61 Å². The SMILES string of the molecule is OCCCCCCSC1CCCCC1. The Morgan fingerprint density at radius 3 is 2.36 bits per heavy atom. The van der Waals surface area contributed by atoms with E-state index in [-0.39, 0.29) is 0 Å². The first-order valence-electron chi connectivity index (χ1n) is 6.16. The van der Waals surface area contributed by atoms with E-state index >= 15 is 0 Å². The molecule has 0 saturated heterocycles. The van der Waals surface area contributed by atoms with Gasteiger partial charge in [0.25, 0.3) is 0 Å². The summed E-state index contributed by atoms with van der Waals surface area (Å²) in [6, 6.07) is 0. The molecule has 0 aromatic carbocycles. The number of aliphatic hydroxyl groups excluding tert-OH is 1. The van der Waals surface area contributed by atoms with Gasteiger partial charge in [-0.25, -0.2) is 0 Å². The first-order chi connectivity index (χ1) is 6.93. The van der Waals surface area contributed by atoms with Crippen molar-refractivity contribution in [2.45, 2.75) is 63.0 Å². The molecule has 84 valence electrons. The van der Waals surface area contributed by atoms with Crippen molar-refractivity contribution in [1.29, 1.82) is 0 Å². The molecule has 0 aliphatic heterocycles. The van der Waals surface area contributed by atoms with Crippen molar-refractivity contribution >= 4 is 11.8 Å². The first kappa shape index (κ1) is 12.4. The van der Waals surface area contributed by atoms with Crippen LogP contribution in [0.3, 0.4) is 0 Å².